The van der Waals surface area contributed by atoms with Crippen molar-refractivity contribution < 1.29 is 0 Å². The fourth-order valence-electron chi connectivity index (χ4n) is 3.26. The lowest BCUT2D eigenvalue weighted by atomic mass is 9.81. The Labute approximate surface area is 114 Å². The molecule has 0 aromatic heterocycles. The monoisotopic (exact) mass is 252 g/mol. The molecule has 1 heterocycles. The summed E-state index contributed by atoms with van der Waals surface area (Å²) in [6.07, 6.45) is 6.79. The first-order chi connectivity index (χ1) is 8.49. The van der Waals surface area contributed by atoms with Crippen LogP contribution in [-0.4, -0.2) is 37.1 Å². The van der Waals surface area contributed by atoms with Crippen molar-refractivity contribution >= 4 is 0 Å². The Kier molecular flexibility index (Phi) is 4.38. The van der Waals surface area contributed by atoms with Gasteiger partial charge in [-0.3, -0.25) is 0 Å². The van der Waals surface area contributed by atoms with Gasteiger partial charge in [-0.1, -0.05) is 27.7 Å². The summed E-state index contributed by atoms with van der Waals surface area (Å²) < 4.78 is 0. The van der Waals surface area contributed by atoms with E-state index < -0.39 is 0 Å². The largest absolute Gasteiger partial charge is 0.313 e. The van der Waals surface area contributed by atoms with E-state index in [9.17, 15) is 0 Å². The van der Waals surface area contributed by atoms with E-state index in [0.717, 1.165) is 6.04 Å². The SMILES string of the molecule is CCC(CC)(CNC1CC1)CN1CCC(C)(C)C1. The van der Waals surface area contributed by atoms with Crippen molar-refractivity contribution in [3.05, 3.63) is 0 Å². The molecule has 0 aromatic carbocycles. The maximum absolute atomic E-state index is 3.77. The quantitative estimate of drug-likeness (QED) is 0.748. The molecule has 2 rings (SSSR count). The first-order valence-corrected chi connectivity index (χ1v) is 7.94. The van der Waals surface area contributed by atoms with Crippen LogP contribution in [0.4, 0.5) is 0 Å². The zero-order valence-electron chi connectivity index (χ0n) is 12.9. The minimum Gasteiger partial charge on any atom is -0.313 e. The van der Waals surface area contributed by atoms with Crippen LogP contribution in [0.3, 0.4) is 0 Å². The van der Waals surface area contributed by atoms with Crippen molar-refractivity contribution in [2.24, 2.45) is 10.8 Å². The molecule has 1 saturated heterocycles. The van der Waals surface area contributed by atoms with Crippen LogP contribution in [0.5, 0.6) is 0 Å². The van der Waals surface area contributed by atoms with Gasteiger partial charge in [-0.2, -0.15) is 0 Å². The topological polar surface area (TPSA) is 15.3 Å². The summed E-state index contributed by atoms with van der Waals surface area (Å²) in [6, 6.07) is 0.845. The summed E-state index contributed by atoms with van der Waals surface area (Å²) in [7, 11) is 0. The summed E-state index contributed by atoms with van der Waals surface area (Å²) in [4.78, 5) is 2.71. The van der Waals surface area contributed by atoms with Gasteiger partial charge >= 0.3 is 0 Å². The van der Waals surface area contributed by atoms with Crippen molar-refractivity contribution in [2.75, 3.05) is 26.2 Å². The molecule has 0 radical (unpaired) electrons. The van der Waals surface area contributed by atoms with Crippen molar-refractivity contribution in [1.29, 1.82) is 0 Å². The zero-order valence-corrected chi connectivity index (χ0v) is 12.9. The third-order valence-corrected chi connectivity index (χ3v) is 5.16. The standard InChI is InChI=1S/C16H32N2/c1-5-16(6-2,11-17-14-7-8-14)13-18-10-9-15(3,4)12-18/h14,17H,5-13H2,1-4H3. The molecule has 0 atom stereocenters. The highest BCUT2D eigenvalue weighted by Crippen LogP contribution is 2.34. The first kappa shape index (κ1) is 14.3. The molecule has 1 aliphatic heterocycles. The Balaban J connectivity index is 1.87. The Morgan fingerprint density at radius 2 is 1.89 bits per heavy atom. The van der Waals surface area contributed by atoms with Gasteiger partial charge in [-0.15, -0.1) is 0 Å². The molecule has 0 amide bonds. The number of rotatable bonds is 7. The van der Waals surface area contributed by atoms with Crippen molar-refractivity contribution in [3.8, 4) is 0 Å². The predicted molar refractivity (Wildman–Crippen MR) is 78.9 cm³/mol. The van der Waals surface area contributed by atoms with Crippen LogP contribution < -0.4 is 5.32 Å². The van der Waals surface area contributed by atoms with Gasteiger partial charge in [0.25, 0.3) is 0 Å². The van der Waals surface area contributed by atoms with Crippen LogP contribution in [0.15, 0.2) is 0 Å². The molecule has 106 valence electrons. The van der Waals surface area contributed by atoms with E-state index >= 15 is 0 Å². The van der Waals surface area contributed by atoms with Crippen LogP contribution in [0.1, 0.15) is 59.8 Å². The van der Waals surface area contributed by atoms with E-state index in [1.54, 1.807) is 0 Å². The smallest absolute Gasteiger partial charge is 0.00684 e. The summed E-state index contributed by atoms with van der Waals surface area (Å²) in [5, 5.41) is 3.77. The average molecular weight is 252 g/mol. The summed E-state index contributed by atoms with van der Waals surface area (Å²) in [5.41, 5.74) is 1.04. The Hall–Kier alpha value is -0.0800. The minimum absolute atomic E-state index is 0.503. The van der Waals surface area contributed by atoms with Gasteiger partial charge in [0.1, 0.15) is 0 Å². The molecular weight excluding hydrogens is 220 g/mol. The Morgan fingerprint density at radius 3 is 2.33 bits per heavy atom. The normalized spacial score (nSPS) is 24.7. The van der Waals surface area contributed by atoms with E-state index in [1.807, 2.05) is 0 Å². The second-order valence-corrected chi connectivity index (χ2v) is 7.49. The van der Waals surface area contributed by atoms with Gasteiger partial charge < -0.3 is 10.2 Å². The highest BCUT2D eigenvalue weighted by Gasteiger charge is 2.36. The summed E-state index contributed by atoms with van der Waals surface area (Å²) in [6.45, 7) is 14.7. The van der Waals surface area contributed by atoms with Gasteiger partial charge in [0.2, 0.25) is 0 Å². The van der Waals surface area contributed by atoms with Crippen LogP contribution in [-0.2, 0) is 0 Å². The molecular formula is C16H32N2. The third kappa shape index (κ3) is 3.71. The summed E-state index contributed by atoms with van der Waals surface area (Å²) >= 11 is 0. The number of nitrogens with one attached hydrogen (secondary N) is 1. The van der Waals surface area contributed by atoms with Crippen LogP contribution in [0.2, 0.25) is 0 Å². The molecule has 2 nitrogen and oxygen atoms in total. The number of likely N-dealkylation sites (tertiary alicyclic amines) is 1. The maximum atomic E-state index is 3.77. The van der Waals surface area contributed by atoms with Gasteiger partial charge in [0.15, 0.2) is 0 Å². The van der Waals surface area contributed by atoms with E-state index in [4.69, 9.17) is 0 Å². The van der Waals surface area contributed by atoms with Crippen LogP contribution >= 0.6 is 0 Å². The highest BCUT2D eigenvalue weighted by molar-refractivity contribution is 4.91. The molecule has 2 fully saturated rings. The molecule has 1 saturated carbocycles. The molecule has 0 spiro atoms. The van der Waals surface area contributed by atoms with E-state index in [0.29, 0.717) is 10.8 Å². The van der Waals surface area contributed by atoms with E-state index in [-0.39, 0.29) is 0 Å². The van der Waals surface area contributed by atoms with E-state index in [2.05, 4.69) is 37.9 Å². The fraction of sp³-hybridized carbons (Fsp3) is 1.00. The predicted octanol–water partition coefficient (Wildman–Crippen LogP) is 3.28. The molecule has 0 bridgehead atoms. The maximum Gasteiger partial charge on any atom is 0.00684 e. The van der Waals surface area contributed by atoms with Crippen LogP contribution in [0.25, 0.3) is 0 Å². The lowest BCUT2D eigenvalue weighted by molar-refractivity contribution is 0.145. The molecule has 2 heteroatoms. The molecule has 18 heavy (non-hydrogen) atoms. The Bertz CT molecular complexity index is 264. The molecule has 1 aliphatic carbocycles. The van der Waals surface area contributed by atoms with Gasteiger partial charge in [-0.25, -0.2) is 0 Å². The Morgan fingerprint density at radius 1 is 1.22 bits per heavy atom. The molecule has 0 aromatic rings. The van der Waals surface area contributed by atoms with Gasteiger partial charge in [0.05, 0.1) is 0 Å². The number of hydrogen-bond donors (Lipinski definition) is 1. The zero-order chi connectivity index (χ0) is 13.2. The second-order valence-electron chi connectivity index (χ2n) is 7.49. The van der Waals surface area contributed by atoms with Gasteiger partial charge in [0, 0.05) is 25.7 Å². The second kappa shape index (κ2) is 5.50. The third-order valence-electron chi connectivity index (χ3n) is 5.16. The number of hydrogen-bond acceptors (Lipinski definition) is 2. The van der Waals surface area contributed by atoms with Crippen molar-refractivity contribution in [2.45, 2.75) is 65.8 Å². The fourth-order valence-corrected chi connectivity index (χ4v) is 3.26. The molecule has 1 N–H and O–H groups in total. The lowest BCUT2D eigenvalue weighted by Crippen LogP contribution is -2.43. The molecule has 2 aliphatic rings. The highest BCUT2D eigenvalue weighted by atomic mass is 15.2. The first-order valence-electron chi connectivity index (χ1n) is 7.94. The van der Waals surface area contributed by atoms with Crippen molar-refractivity contribution in [1.82, 2.24) is 10.2 Å². The van der Waals surface area contributed by atoms with Crippen molar-refractivity contribution in [3.63, 3.8) is 0 Å². The van der Waals surface area contributed by atoms with Gasteiger partial charge in [-0.05, 0) is 49.5 Å². The van der Waals surface area contributed by atoms with Crippen LogP contribution in [0, 0.1) is 10.8 Å². The minimum atomic E-state index is 0.503. The average Bonchev–Trinajstić information content (AvgIpc) is 3.10. The lowest BCUT2D eigenvalue weighted by Gasteiger charge is -2.36. The number of nitrogens with zero attached hydrogens (tertiary/aromatic N) is 1. The van der Waals surface area contributed by atoms with E-state index in [1.165, 1.54) is 58.3 Å². The summed E-state index contributed by atoms with van der Waals surface area (Å²) in [5.74, 6) is 0. The molecule has 0 unspecified atom stereocenters.